The Kier molecular flexibility index (Phi) is 5.01. The summed E-state index contributed by atoms with van der Waals surface area (Å²) in [5.74, 6) is 0.847. The van der Waals surface area contributed by atoms with E-state index in [1.165, 1.54) is 11.1 Å². The lowest BCUT2D eigenvalue weighted by Gasteiger charge is -2.18. The minimum atomic E-state index is -0.252. The van der Waals surface area contributed by atoms with Gasteiger partial charge < -0.3 is 4.84 Å². The smallest absolute Gasteiger partial charge is 0.175 e. The molecule has 4 nitrogen and oxygen atoms in total. The number of rotatable bonds is 3. The van der Waals surface area contributed by atoms with Crippen molar-refractivity contribution in [2.75, 3.05) is 4.90 Å². The van der Waals surface area contributed by atoms with Gasteiger partial charge in [0.25, 0.3) is 0 Å². The number of aliphatic imine (C=N–C) groups is 1. The second-order valence-corrected chi connectivity index (χ2v) is 8.95. The van der Waals surface area contributed by atoms with Crippen LogP contribution in [-0.2, 0) is 4.84 Å². The summed E-state index contributed by atoms with van der Waals surface area (Å²) in [4.78, 5) is 12.9. The molecule has 0 saturated carbocycles. The molecule has 3 aromatic rings. The third-order valence-corrected chi connectivity index (χ3v) is 6.75. The first-order chi connectivity index (χ1) is 14.6. The van der Waals surface area contributed by atoms with Crippen molar-refractivity contribution in [1.82, 2.24) is 0 Å². The van der Waals surface area contributed by atoms with Gasteiger partial charge in [-0.2, -0.15) is 0 Å². The Balaban J connectivity index is 1.56. The van der Waals surface area contributed by atoms with E-state index in [0.717, 1.165) is 27.9 Å². The molecule has 0 amide bonds. The van der Waals surface area contributed by atoms with Gasteiger partial charge in [0, 0.05) is 16.3 Å². The quantitative estimate of drug-likeness (QED) is 0.464. The van der Waals surface area contributed by atoms with Gasteiger partial charge >= 0.3 is 0 Å². The molecule has 5 rings (SSSR count). The van der Waals surface area contributed by atoms with E-state index >= 15 is 0 Å². The maximum atomic E-state index is 6.46. The van der Waals surface area contributed by atoms with Gasteiger partial charge in [0.1, 0.15) is 5.25 Å². The Labute approximate surface area is 185 Å². The molecule has 0 N–H and O–H groups in total. The fraction of sp³-hybridized carbons (Fsp3) is 0.167. The molecule has 2 atom stereocenters. The van der Waals surface area contributed by atoms with Gasteiger partial charge in [-0.15, -0.1) is 0 Å². The highest BCUT2D eigenvalue weighted by molar-refractivity contribution is 8.16. The summed E-state index contributed by atoms with van der Waals surface area (Å²) in [5.41, 5.74) is 5.29. The highest BCUT2D eigenvalue weighted by Gasteiger charge is 2.48. The van der Waals surface area contributed by atoms with Crippen LogP contribution in [0.2, 0.25) is 5.02 Å². The highest BCUT2D eigenvalue weighted by Crippen LogP contribution is 2.46. The molecule has 0 radical (unpaired) electrons. The fourth-order valence-corrected chi connectivity index (χ4v) is 5.08. The number of aryl methyl sites for hydroxylation is 2. The SMILES string of the molecule is Cc1ccc(N=C2SC3C(=NOC3c3ccccc3Cl)N2c2ccc(C)cc2)cc1. The van der Waals surface area contributed by atoms with Gasteiger partial charge in [0.2, 0.25) is 0 Å². The molecule has 2 unspecified atom stereocenters. The van der Waals surface area contributed by atoms with Crippen molar-refractivity contribution in [2.24, 2.45) is 10.1 Å². The highest BCUT2D eigenvalue weighted by atomic mass is 35.5. The molecule has 0 bridgehead atoms. The van der Waals surface area contributed by atoms with Crippen molar-refractivity contribution in [3.8, 4) is 0 Å². The van der Waals surface area contributed by atoms with Crippen LogP contribution >= 0.6 is 23.4 Å². The summed E-state index contributed by atoms with van der Waals surface area (Å²) in [6, 6.07) is 24.4. The lowest BCUT2D eigenvalue weighted by Crippen LogP contribution is -2.31. The third-order valence-electron chi connectivity index (χ3n) is 5.20. The first-order valence-electron chi connectivity index (χ1n) is 9.77. The Morgan fingerprint density at radius 2 is 1.60 bits per heavy atom. The zero-order valence-corrected chi connectivity index (χ0v) is 18.2. The predicted molar refractivity (Wildman–Crippen MR) is 126 cm³/mol. The van der Waals surface area contributed by atoms with Crippen molar-refractivity contribution >= 4 is 45.7 Å². The van der Waals surface area contributed by atoms with E-state index in [0.29, 0.717) is 5.02 Å². The lowest BCUT2D eigenvalue weighted by atomic mass is 10.1. The molecule has 3 aromatic carbocycles. The van der Waals surface area contributed by atoms with Gasteiger partial charge in [-0.3, -0.25) is 4.90 Å². The van der Waals surface area contributed by atoms with Gasteiger partial charge in [0.05, 0.1) is 5.69 Å². The minimum Gasteiger partial charge on any atom is -0.384 e. The fourth-order valence-electron chi connectivity index (χ4n) is 3.57. The maximum Gasteiger partial charge on any atom is 0.175 e. The van der Waals surface area contributed by atoms with Crippen LogP contribution in [0.25, 0.3) is 0 Å². The van der Waals surface area contributed by atoms with E-state index < -0.39 is 0 Å². The number of halogens is 1. The molecule has 0 aromatic heterocycles. The zero-order chi connectivity index (χ0) is 20.7. The summed E-state index contributed by atoms with van der Waals surface area (Å²) < 4.78 is 0. The van der Waals surface area contributed by atoms with Crippen LogP contribution in [0.5, 0.6) is 0 Å². The van der Waals surface area contributed by atoms with Crippen LogP contribution in [0.4, 0.5) is 11.4 Å². The predicted octanol–water partition coefficient (Wildman–Crippen LogP) is 6.65. The van der Waals surface area contributed by atoms with Crippen molar-refractivity contribution < 1.29 is 4.84 Å². The van der Waals surface area contributed by atoms with E-state index in [9.17, 15) is 0 Å². The summed E-state index contributed by atoms with van der Waals surface area (Å²) in [7, 11) is 0. The first-order valence-corrected chi connectivity index (χ1v) is 11.0. The number of hydrogen-bond acceptors (Lipinski definition) is 4. The Morgan fingerprint density at radius 3 is 2.30 bits per heavy atom. The molecule has 0 aliphatic carbocycles. The van der Waals surface area contributed by atoms with Crippen LogP contribution in [0, 0.1) is 13.8 Å². The number of thioether (sulfide) groups is 1. The molecule has 1 saturated heterocycles. The van der Waals surface area contributed by atoms with Crippen LogP contribution in [-0.4, -0.2) is 16.3 Å². The van der Waals surface area contributed by atoms with Crippen molar-refractivity contribution in [3.63, 3.8) is 0 Å². The monoisotopic (exact) mass is 433 g/mol. The zero-order valence-electron chi connectivity index (χ0n) is 16.6. The Hall–Kier alpha value is -2.76. The number of anilines is 1. The summed E-state index contributed by atoms with van der Waals surface area (Å²) in [5, 5.41) is 6.01. The Morgan fingerprint density at radius 1 is 0.933 bits per heavy atom. The van der Waals surface area contributed by atoms with Crippen molar-refractivity contribution in [2.45, 2.75) is 25.2 Å². The first kappa shape index (κ1) is 19.2. The molecule has 2 heterocycles. The molecule has 30 heavy (non-hydrogen) atoms. The number of benzene rings is 3. The standard InChI is InChI=1S/C24H20ClN3OS/c1-15-7-11-17(12-8-15)26-24-28(18-13-9-16(2)10-14-18)23-22(30-24)21(29-27-23)19-5-3-4-6-20(19)25/h3-14,21-22H,1-2H3. The van der Waals surface area contributed by atoms with Crippen LogP contribution in [0.3, 0.4) is 0 Å². The van der Waals surface area contributed by atoms with E-state index in [4.69, 9.17) is 21.4 Å². The largest absolute Gasteiger partial charge is 0.384 e. The van der Waals surface area contributed by atoms with Crippen LogP contribution in [0.1, 0.15) is 22.8 Å². The number of amidine groups is 2. The molecule has 2 aliphatic heterocycles. The summed E-state index contributed by atoms with van der Waals surface area (Å²) >= 11 is 8.12. The number of fused-ring (bicyclic) bond motifs is 1. The van der Waals surface area contributed by atoms with Gasteiger partial charge in [-0.1, -0.05) is 82.1 Å². The van der Waals surface area contributed by atoms with Gasteiger partial charge in [-0.05, 0) is 44.2 Å². The van der Waals surface area contributed by atoms with E-state index in [-0.39, 0.29) is 11.4 Å². The topological polar surface area (TPSA) is 37.2 Å². The van der Waals surface area contributed by atoms with Crippen LogP contribution < -0.4 is 4.90 Å². The minimum absolute atomic E-state index is 0.0181. The average molecular weight is 434 g/mol. The molecular formula is C24H20ClN3OS. The van der Waals surface area contributed by atoms with Gasteiger partial charge in [-0.25, -0.2) is 4.99 Å². The second kappa shape index (κ2) is 7.82. The van der Waals surface area contributed by atoms with Gasteiger partial charge in [0.15, 0.2) is 17.1 Å². The molecule has 2 aliphatic rings. The van der Waals surface area contributed by atoms with Crippen molar-refractivity contribution in [1.29, 1.82) is 0 Å². The third kappa shape index (κ3) is 3.48. The Bertz CT molecular complexity index is 1140. The summed E-state index contributed by atoms with van der Waals surface area (Å²) in [6.45, 7) is 4.15. The maximum absolute atomic E-state index is 6.46. The molecule has 150 valence electrons. The lowest BCUT2D eigenvalue weighted by molar-refractivity contribution is 0.0885. The molecule has 1 fully saturated rings. The molecular weight excluding hydrogens is 414 g/mol. The summed E-state index contributed by atoms with van der Waals surface area (Å²) in [6.07, 6.45) is -0.252. The number of hydrogen-bond donors (Lipinski definition) is 0. The van der Waals surface area contributed by atoms with Crippen LogP contribution in [0.15, 0.2) is 82.9 Å². The van der Waals surface area contributed by atoms with E-state index in [2.05, 4.69) is 60.3 Å². The normalized spacial score (nSPS) is 21.5. The average Bonchev–Trinajstić information content (AvgIpc) is 3.30. The number of oxime groups is 1. The van der Waals surface area contributed by atoms with E-state index in [1.807, 2.05) is 36.4 Å². The van der Waals surface area contributed by atoms with E-state index in [1.54, 1.807) is 11.8 Å². The second-order valence-electron chi connectivity index (χ2n) is 7.44. The molecule has 0 spiro atoms. The number of nitrogens with zero attached hydrogens (tertiary/aromatic N) is 3. The van der Waals surface area contributed by atoms with Crippen molar-refractivity contribution in [3.05, 3.63) is 94.5 Å². The molecule has 6 heteroatoms.